The Balaban J connectivity index is 2.08. The molecule has 0 spiro atoms. The van der Waals surface area contributed by atoms with E-state index in [-0.39, 0.29) is 11.8 Å². The maximum absolute atomic E-state index is 12.1. The van der Waals surface area contributed by atoms with Crippen LogP contribution in [-0.2, 0) is 4.79 Å². The third kappa shape index (κ3) is 2.56. The average molecular weight is 328 g/mol. The second-order valence-corrected chi connectivity index (χ2v) is 5.38. The summed E-state index contributed by atoms with van der Waals surface area (Å²) < 4.78 is 1.18. The van der Waals surface area contributed by atoms with Crippen molar-refractivity contribution in [3.8, 4) is 0 Å². The Bertz CT molecular complexity index is 368. The fraction of sp³-hybridized carbons (Fsp3) is 0.385. The number of rotatable bonds is 2. The van der Waals surface area contributed by atoms with Gasteiger partial charge in [-0.15, -0.1) is 0 Å². The number of halogens is 1. The highest BCUT2D eigenvalue weighted by Crippen LogP contribution is 2.21. The highest BCUT2D eigenvalue weighted by atomic mass is 127. The third-order valence-electron chi connectivity index (χ3n) is 2.99. The monoisotopic (exact) mass is 328 g/mol. The number of carbonyl (C=O) groups excluding carboxylic acids is 1. The molecule has 1 fully saturated rings. The van der Waals surface area contributed by atoms with Gasteiger partial charge < -0.3 is 4.90 Å². The SMILES string of the molecule is [CH2][C@@H](C(=O)N1CCCC1)c1ccc(I)cc1. The molecule has 1 aliphatic heterocycles. The van der Waals surface area contributed by atoms with E-state index in [9.17, 15) is 4.79 Å². The van der Waals surface area contributed by atoms with Crippen LogP contribution in [0.3, 0.4) is 0 Å². The second-order valence-electron chi connectivity index (χ2n) is 4.14. The lowest BCUT2D eigenvalue weighted by molar-refractivity contribution is -0.130. The molecule has 16 heavy (non-hydrogen) atoms. The van der Waals surface area contributed by atoms with Crippen LogP contribution in [-0.4, -0.2) is 23.9 Å². The molecule has 1 atom stereocenters. The van der Waals surface area contributed by atoms with Crippen LogP contribution in [0.25, 0.3) is 0 Å². The van der Waals surface area contributed by atoms with Gasteiger partial charge in [0, 0.05) is 16.7 Å². The lowest BCUT2D eigenvalue weighted by Crippen LogP contribution is -2.31. The van der Waals surface area contributed by atoms with Gasteiger partial charge in [0.05, 0.1) is 5.92 Å². The largest absolute Gasteiger partial charge is 0.342 e. The van der Waals surface area contributed by atoms with Gasteiger partial charge in [-0.1, -0.05) is 12.1 Å². The molecule has 1 aromatic carbocycles. The predicted molar refractivity (Wildman–Crippen MR) is 73.1 cm³/mol. The van der Waals surface area contributed by atoms with Gasteiger partial charge in [0.1, 0.15) is 0 Å². The summed E-state index contributed by atoms with van der Waals surface area (Å²) in [4.78, 5) is 14.0. The van der Waals surface area contributed by atoms with Gasteiger partial charge >= 0.3 is 0 Å². The van der Waals surface area contributed by atoms with Gasteiger partial charge in [-0.25, -0.2) is 0 Å². The van der Waals surface area contributed by atoms with E-state index in [1.165, 1.54) is 3.57 Å². The summed E-state index contributed by atoms with van der Waals surface area (Å²) in [6, 6.07) is 8.03. The van der Waals surface area contributed by atoms with Crippen LogP contribution in [0.2, 0.25) is 0 Å². The summed E-state index contributed by atoms with van der Waals surface area (Å²) >= 11 is 2.26. The van der Waals surface area contributed by atoms with Crippen molar-refractivity contribution in [3.05, 3.63) is 40.3 Å². The highest BCUT2D eigenvalue weighted by Gasteiger charge is 2.24. The molecule has 2 rings (SSSR count). The fourth-order valence-corrected chi connectivity index (χ4v) is 2.36. The number of carbonyl (C=O) groups is 1. The summed E-state index contributed by atoms with van der Waals surface area (Å²) in [5.74, 6) is -0.0891. The Morgan fingerprint density at radius 1 is 1.25 bits per heavy atom. The van der Waals surface area contributed by atoms with E-state index < -0.39 is 0 Å². The fourth-order valence-electron chi connectivity index (χ4n) is 2.00. The molecule has 0 N–H and O–H groups in total. The molecule has 1 saturated heterocycles. The Morgan fingerprint density at radius 2 is 1.81 bits per heavy atom. The first kappa shape index (κ1) is 11.9. The Hall–Kier alpha value is -0.580. The molecule has 1 amide bonds. The Labute approximate surface area is 110 Å². The van der Waals surface area contributed by atoms with E-state index in [4.69, 9.17) is 0 Å². The molecule has 0 aromatic heterocycles. The van der Waals surface area contributed by atoms with Crippen LogP contribution in [0, 0.1) is 10.5 Å². The maximum Gasteiger partial charge on any atom is 0.230 e. The van der Waals surface area contributed by atoms with Crippen LogP contribution >= 0.6 is 22.6 Å². The zero-order chi connectivity index (χ0) is 11.5. The van der Waals surface area contributed by atoms with Crippen molar-refractivity contribution in [3.63, 3.8) is 0 Å². The molecule has 0 aliphatic carbocycles. The van der Waals surface area contributed by atoms with Crippen molar-refractivity contribution in [2.24, 2.45) is 0 Å². The first-order valence-electron chi connectivity index (χ1n) is 5.56. The number of hydrogen-bond acceptors (Lipinski definition) is 1. The molecule has 0 unspecified atom stereocenters. The molecular weight excluding hydrogens is 313 g/mol. The van der Waals surface area contributed by atoms with E-state index >= 15 is 0 Å². The minimum Gasteiger partial charge on any atom is -0.342 e. The van der Waals surface area contributed by atoms with Gasteiger partial charge in [-0.2, -0.15) is 0 Å². The van der Waals surface area contributed by atoms with Crippen LogP contribution in [0.4, 0.5) is 0 Å². The number of amides is 1. The third-order valence-corrected chi connectivity index (χ3v) is 3.71. The van der Waals surface area contributed by atoms with Crippen LogP contribution < -0.4 is 0 Å². The minimum atomic E-state index is -0.255. The smallest absolute Gasteiger partial charge is 0.230 e. The maximum atomic E-state index is 12.1. The lowest BCUT2D eigenvalue weighted by Gasteiger charge is -2.20. The number of benzene rings is 1. The molecule has 1 heterocycles. The molecular formula is C13H15INO. The molecule has 1 aromatic rings. The Morgan fingerprint density at radius 3 is 2.38 bits per heavy atom. The first-order chi connectivity index (χ1) is 7.68. The molecule has 0 bridgehead atoms. The van der Waals surface area contributed by atoms with Gasteiger partial charge in [0.15, 0.2) is 0 Å². The molecule has 1 aliphatic rings. The molecule has 3 heteroatoms. The van der Waals surface area contributed by atoms with Gasteiger partial charge in [-0.3, -0.25) is 4.79 Å². The van der Waals surface area contributed by atoms with Crippen LogP contribution in [0.5, 0.6) is 0 Å². The topological polar surface area (TPSA) is 20.3 Å². The molecule has 85 valence electrons. The predicted octanol–water partition coefficient (Wildman–Crippen LogP) is 2.83. The van der Waals surface area contributed by atoms with Gasteiger partial charge in [0.2, 0.25) is 5.91 Å². The minimum absolute atomic E-state index is 0.165. The van der Waals surface area contributed by atoms with Crippen molar-refractivity contribution < 1.29 is 4.79 Å². The number of likely N-dealkylation sites (tertiary alicyclic amines) is 1. The molecule has 0 saturated carbocycles. The van der Waals surface area contributed by atoms with Crippen molar-refractivity contribution in [1.29, 1.82) is 0 Å². The summed E-state index contributed by atoms with van der Waals surface area (Å²) in [6.45, 7) is 5.78. The van der Waals surface area contributed by atoms with Crippen molar-refractivity contribution in [2.75, 3.05) is 13.1 Å². The summed E-state index contributed by atoms with van der Waals surface area (Å²) in [6.07, 6.45) is 2.26. The second kappa shape index (κ2) is 5.17. The standard InChI is InChI=1S/C13H15INO/c1-10(11-4-6-12(14)7-5-11)13(16)15-8-2-3-9-15/h4-7,10H,1-3,8-9H2/t10-/m1/s1. The van der Waals surface area contributed by atoms with Gasteiger partial charge in [0.25, 0.3) is 0 Å². The highest BCUT2D eigenvalue weighted by molar-refractivity contribution is 14.1. The first-order valence-corrected chi connectivity index (χ1v) is 6.63. The zero-order valence-electron chi connectivity index (χ0n) is 9.16. The van der Waals surface area contributed by atoms with Crippen molar-refractivity contribution in [2.45, 2.75) is 18.8 Å². The Kier molecular flexibility index (Phi) is 3.84. The van der Waals surface area contributed by atoms with E-state index in [0.29, 0.717) is 0 Å². The van der Waals surface area contributed by atoms with Crippen molar-refractivity contribution >= 4 is 28.5 Å². The lowest BCUT2D eigenvalue weighted by atomic mass is 10.00. The number of nitrogens with zero attached hydrogens (tertiary/aromatic N) is 1. The van der Waals surface area contributed by atoms with Gasteiger partial charge in [-0.05, 0) is 60.1 Å². The normalized spacial score (nSPS) is 17.5. The summed E-state index contributed by atoms with van der Waals surface area (Å²) in [5.41, 5.74) is 1.01. The zero-order valence-corrected chi connectivity index (χ0v) is 11.3. The quantitative estimate of drug-likeness (QED) is 0.765. The number of hydrogen-bond donors (Lipinski definition) is 0. The van der Waals surface area contributed by atoms with E-state index in [1.54, 1.807) is 0 Å². The van der Waals surface area contributed by atoms with Crippen LogP contribution in [0.1, 0.15) is 24.3 Å². The summed E-state index contributed by atoms with van der Waals surface area (Å²) in [7, 11) is 0. The van der Waals surface area contributed by atoms with Crippen LogP contribution in [0.15, 0.2) is 24.3 Å². The summed E-state index contributed by atoms with van der Waals surface area (Å²) in [5, 5.41) is 0. The van der Waals surface area contributed by atoms with E-state index in [0.717, 1.165) is 31.5 Å². The van der Waals surface area contributed by atoms with E-state index in [1.807, 2.05) is 29.2 Å². The van der Waals surface area contributed by atoms with E-state index in [2.05, 4.69) is 29.5 Å². The molecule has 2 nitrogen and oxygen atoms in total. The van der Waals surface area contributed by atoms with Crippen molar-refractivity contribution in [1.82, 2.24) is 4.90 Å². The average Bonchev–Trinajstić information content (AvgIpc) is 2.81. The molecule has 1 radical (unpaired) electrons.